The quantitative estimate of drug-likeness (QED) is 0.280. The fourth-order valence-electron chi connectivity index (χ4n) is 6.63. The van der Waals surface area contributed by atoms with E-state index < -0.39 is 52.6 Å². The molecule has 2 aliphatic carbocycles. The number of methoxy groups -OCH3 is 1. The molecule has 246 valence electrons. The molecule has 0 aromatic heterocycles. The second kappa shape index (κ2) is 13.1. The number of carbonyl (C=O) groups excluding carboxylic acids is 5. The van der Waals surface area contributed by atoms with Crippen molar-refractivity contribution < 1.29 is 28.7 Å². The summed E-state index contributed by atoms with van der Waals surface area (Å²) < 4.78 is 5.18. The van der Waals surface area contributed by atoms with Gasteiger partial charge in [-0.1, -0.05) is 58.4 Å². The Morgan fingerprint density at radius 2 is 1.59 bits per heavy atom. The van der Waals surface area contributed by atoms with Crippen LogP contribution in [0, 0.1) is 10.8 Å². The predicted octanol–water partition coefficient (Wildman–Crippen LogP) is 3.36. The summed E-state index contributed by atoms with van der Waals surface area (Å²) in [5, 5.41) is 11.2. The van der Waals surface area contributed by atoms with Gasteiger partial charge in [0.15, 0.2) is 0 Å². The number of nitrogens with zero attached hydrogens (tertiary/aromatic N) is 1. The molecule has 46 heavy (non-hydrogen) atoms. The maximum absolute atomic E-state index is 14.3. The summed E-state index contributed by atoms with van der Waals surface area (Å²) >= 11 is 0. The highest BCUT2D eigenvalue weighted by Crippen LogP contribution is 2.49. The number of ether oxygens (including phenoxy) is 1. The van der Waals surface area contributed by atoms with Crippen molar-refractivity contribution in [2.75, 3.05) is 19.0 Å². The van der Waals surface area contributed by atoms with Crippen LogP contribution in [0.5, 0.6) is 5.75 Å². The molecule has 5 amide bonds. The average molecular weight is 632 g/mol. The summed E-state index contributed by atoms with van der Waals surface area (Å²) in [4.78, 5) is 69.0. The van der Waals surface area contributed by atoms with Gasteiger partial charge < -0.3 is 30.9 Å². The molecule has 1 aliphatic heterocycles. The molecule has 2 fully saturated rings. The molecule has 0 bridgehead atoms. The SMILES string of the molecule is CCCC(NC(=O)C1N(C(=O)[C@@H](NC(=O)Nc2ccc(OC)cc2)C(C)(C)C)CC12Cc1ccccc1C2)C(=O)C(=O)NC1CC1. The highest BCUT2D eigenvalue weighted by molar-refractivity contribution is 6.38. The first kappa shape index (κ1) is 33.0. The Kier molecular flexibility index (Phi) is 9.42. The summed E-state index contributed by atoms with van der Waals surface area (Å²) in [5.41, 5.74) is 1.52. The van der Waals surface area contributed by atoms with E-state index in [1.165, 1.54) is 4.90 Å². The molecule has 2 aromatic carbocycles. The van der Waals surface area contributed by atoms with Crippen LogP contribution in [0.15, 0.2) is 48.5 Å². The smallest absolute Gasteiger partial charge is 0.319 e. The first-order valence-corrected chi connectivity index (χ1v) is 16.1. The van der Waals surface area contributed by atoms with Crippen molar-refractivity contribution in [2.45, 2.75) is 90.4 Å². The minimum Gasteiger partial charge on any atom is -0.497 e. The van der Waals surface area contributed by atoms with E-state index in [-0.39, 0.29) is 11.9 Å². The molecule has 11 nitrogen and oxygen atoms in total. The summed E-state index contributed by atoms with van der Waals surface area (Å²) in [5.74, 6) is -1.57. The van der Waals surface area contributed by atoms with Gasteiger partial charge in [-0.3, -0.25) is 19.2 Å². The van der Waals surface area contributed by atoms with Crippen molar-refractivity contribution in [1.29, 1.82) is 0 Å². The molecule has 1 saturated carbocycles. The van der Waals surface area contributed by atoms with Crippen LogP contribution >= 0.6 is 0 Å². The van der Waals surface area contributed by atoms with Gasteiger partial charge in [-0.15, -0.1) is 0 Å². The van der Waals surface area contributed by atoms with Crippen molar-refractivity contribution in [2.24, 2.45) is 10.8 Å². The Morgan fingerprint density at radius 3 is 2.13 bits per heavy atom. The highest BCUT2D eigenvalue weighted by Gasteiger charge is 2.61. The number of Topliss-reactive ketones (excluding diaryl/α,β-unsaturated/α-hetero) is 1. The minimum absolute atomic E-state index is 0.0122. The summed E-state index contributed by atoms with van der Waals surface area (Å²) in [7, 11) is 1.56. The van der Waals surface area contributed by atoms with Gasteiger partial charge in [0, 0.05) is 23.7 Å². The van der Waals surface area contributed by atoms with Crippen molar-refractivity contribution in [3.05, 3.63) is 59.7 Å². The minimum atomic E-state index is -0.999. The number of likely N-dealkylation sites (tertiary alicyclic amines) is 1. The number of anilines is 1. The molecule has 2 unspecified atom stereocenters. The molecule has 2 aromatic rings. The number of ketones is 1. The molecule has 4 N–H and O–H groups in total. The van der Waals surface area contributed by atoms with Crippen molar-refractivity contribution in [3.8, 4) is 5.75 Å². The zero-order chi connectivity index (χ0) is 33.2. The maximum Gasteiger partial charge on any atom is 0.319 e. The lowest BCUT2D eigenvalue weighted by Gasteiger charge is -2.56. The van der Waals surface area contributed by atoms with Crippen LogP contribution in [0.4, 0.5) is 10.5 Å². The number of hydrogen-bond acceptors (Lipinski definition) is 6. The third-order valence-electron chi connectivity index (χ3n) is 9.19. The number of rotatable bonds is 11. The monoisotopic (exact) mass is 631 g/mol. The fourth-order valence-corrected chi connectivity index (χ4v) is 6.63. The maximum atomic E-state index is 14.3. The molecule has 5 rings (SSSR count). The number of carbonyl (C=O) groups is 5. The first-order valence-electron chi connectivity index (χ1n) is 16.1. The lowest BCUT2D eigenvalue weighted by atomic mass is 9.67. The molecule has 3 atom stereocenters. The van der Waals surface area contributed by atoms with Crippen LogP contribution in [0.25, 0.3) is 0 Å². The van der Waals surface area contributed by atoms with Gasteiger partial charge >= 0.3 is 6.03 Å². The Morgan fingerprint density at radius 1 is 0.957 bits per heavy atom. The normalized spacial score (nSPS) is 19.2. The lowest BCUT2D eigenvalue weighted by molar-refractivity contribution is -0.168. The Balaban J connectivity index is 1.37. The van der Waals surface area contributed by atoms with Crippen molar-refractivity contribution in [1.82, 2.24) is 20.9 Å². The molecule has 0 radical (unpaired) electrons. The number of fused-ring (bicyclic) bond motifs is 1. The largest absolute Gasteiger partial charge is 0.497 e. The van der Waals surface area contributed by atoms with Gasteiger partial charge in [-0.2, -0.15) is 0 Å². The van der Waals surface area contributed by atoms with Crippen LogP contribution in [-0.4, -0.2) is 72.3 Å². The standard InChI is InChI=1S/C35H45N5O6/c1-6-9-26(27(41)30(42)36-23-12-13-23)38-31(43)29-35(18-21-10-7-8-11-22(21)19-35)20-40(29)32(44)28(34(2,3)4)39-33(45)37-24-14-16-25(46-5)17-15-24/h7-8,10-11,14-17,23,26,28-29H,6,9,12-13,18-20H2,1-5H3,(H,36,42)(H,38,43)(H2,37,39,45)/t26?,28-,29?/m1/s1. The van der Waals surface area contributed by atoms with E-state index in [4.69, 9.17) is 4.74 Å². The molecule has 3 aliphatic rings. The summed E-state index contributed by atoms with van der Waals surface area (Å²) in [6.07, 6.45) is 3.77. The summed E-state index contributed by atoms with van der Waals surface area (Å²) in [6, 6.07) is 11.4. The molecular formula is C35H45N5O6. The number of benzene rings is 2. The number of nitrogens with one attached hydrogen (secondary N) is 4. The Hall–Kier alpha value is -4.41. The second-order valence-corrected chi connectivity index (χ2v) is 13.9. The molecule has 11 heteroatoms. The third kappa shape index (κ3) is 7.03. The van der Waals surface area contributed by atoms with E-state index in [0.717, 1.165) is 24.0 Å². The highest BCUT2D eigenvalue weighted by atomic mass is 16.5. The van der Waals surface area contributed by atoms with Gasteiger partial charge in [0.1, 0.15) is 17.8 Å². The first-order chi connectivity index (χ1) is 21.8. The van der Waals surface area contributed by atoms with Gasteiger partial charge in [0.25, 0.3) is 5.91 Å². The van der Waals surface area contributed by atoms with Gasteiger partial charge in [0.2, 0.25) is 17.6 Å². The van der Waals surface area contributed by atoms with Crippen LogP contribution in [-0.2, 0) is 32.0 Å². The van der Waals surface area contributed by atoms with Crippen LogP contribution in [0.2, 0.25) is 0 Å². The fraction of sp³-hybridized carbons (Fsp3) is 0.514. The number of urea groups is 1. The topological polar surface area (TPSA) is 146 Å². The van der Waals surface area contributed by atoms with Crippen molar-refractivity contribution >= 4 is 35.2 Å². The van der Waals surface area contributed by atoms with Gasteiger partial charge in [0.05, 0.1) is 13.2 Å². The number of hydrogen-bond donors (Lipinski definition) is 4. The summed E-state index contributed by atoms with van der Waals surface area (Å²) in [6.45, 7) is 7.77. The Labute approximate surface area is 270 Å². The van der Waals surface area contributed by atoms with E-state index in [0.29, 0.717) is 43.7 Å². The second-order valence-electron chi connectivity index (χ2n) is 13.9. The lowest BCUT2D eigenvalue weighted by Crippen LogP contribution is -2.75. The van der Waals surface area contributed by atoms with Crippen LogP contribution < -0.4 is 26.0 Å². The van der Waals surface area contributed by atoms with Gasteiger partial charge in [-0.05, 0) is 72.9 Å². The van der Waals surface area contributed by atoms with E-state index in [1.807, 2.05) is 52.0 Å². The Bertz CT molecular complexity index is 1470. The molecule has 1 heterocycles. The van der Waals surface area contributed by atoms with Crippen LogP contribution in [0.1, 0.15) is 64.5 Å². The van der Waals surface area contributed by atoms with Crippen molar-refractivity contribution in [3.63, 3.8) is 0 Å². The van der Waals surface area contributed by atoms with Gasteiger partial charge in [-0.25, -0.2) is 4.79 Å². The zero-order valence-corrected chi connectivity index (χ0v) is 27.3. The van der Waals surface area contributed by atoms with E-state index in [2.05, 4.69) is 21.3 Å². The predicted molar refractivity (Wildman–Crippen MR) is 173 cm³/mol. The molecule has 1 saturated heterocycles. The molecule has 1 spiro atoms. The molecular weight excluding hydrogens is 586 g/mol. The van der Waals surface area contributed by atoms with E-state index in [1.54, 1.807) is 31.4 Å². The van der Waals surface area contributed by atoms with E-state index in [9.17, 15) is 24.0 Å². The van der Waals surface area contributed by atoms with Crippen LogP contribution in [0.3, 0.4) is 0 Å². The number of amides is 5. The average Bonchev–Trinajstić information content (AvgIpc) is 3.73. The zero-order valence-electron chi connectivity index (χ0n) is 27.3. The van der Waals surface area contributed by atoms with E-state index >= 15 is 0 Å². The third-order valence-corrected chi connectivity index (χ3v) is 9.19.